The number of ether oxygens (including phenoxy) is 1. The van der Waals surface area contributed by atoms with E-state index in [4.69, 9.17) is 14.1 Å². The van der Waals surface area contributed by atoms with Crippen LogP contribution in [0.25, 0.3) is 22.3 Å². The normalized spacial score (nSPS) is 14.7. The molecule has 5 rings (SSSR count). The van der Waals surface area contributed by atoms with Crippen molar-refractivity contribution in [2.75, 3.05) is 31.2 Å². The average Bonchev–Trinajstić information content (AvgIpc) is 3.42. The van der Waals surface area contributed by atoms with Gasteiger partial charge in [0.05, 0.1) is 25.2 Å². The fourth-order valence-corrected chi connectivity index (χ4v) is 3.49. The van der Waals surface area contributed by atoms with Crippen LogP contribution >= 0.6 is 0 Å². The molecule has 7 heteroatoms. The lowest BCUT2D eigenvalue weighted by molar-refractivity contribution is 0.122. The van der Waals surface area contributed by atoms with Gasteiger partial charge in [0, 0.05) is 37.3 Å². The Morgan fingerprint density at radius 1 is 1.11 bits per heavy atom. The van der Waals surface area contributed by atoms with Gasteiger partial charge in [0.15, 0.2) is 0 Å². The van der Waals surface area contributed by atoms with Crippen molar-refractivity contribution in [1.82, 2.24) is 20.2 Å². The second-order valence-electron chi connectivity index (χ2n) is 6.52. The summed E-state index contributed by atoms with van der Waals surface area (Å²) in [4.78, 5) is 11.8. The molecule has 4 aromatic heterocycles. The van der Waals surface area contributed by atoms with Gasteiger partial charge in [-0.1, -0.05) is 0 Å². The van der Waals surface area contributed by atoms with Gasteiger partial charge in [0.1, 0.15) is 22.8 Å². The summed E-state index contributed by atoms with van der Waals surface area (Å²) in [6.45, 7) is 3.10. The quantitative estimate of drug-likeness (QED) is 0.602. The summed E-state index contributed by atoms with van der Waals surface area (Å²) in [5, 5.41) is 8.14. The van der Waals surface area contributed by atoms with Crippen molar-refractivity contribution < 1.29 is 9.15 Å². The number of nitrogens with one attached hydrogen (secondary N) is 1. The van der Waals surface area contributed by atoms with Crippen LogP contribution in [-0.2, 0) is 11.2 Å². The van der Waals surface area contributed by atoms with Crippen molar-refractivity contribution in [3.63, 3.8) is 0 Å². The molecule has 0 radical (unpaired) electrons. The maximum absolute atomic E-state index is 5.59. The molecule has 27 heavy (non-hydrogen) atoms. The Hall–Kier alpha value is -3.19. The number of fused-ring (bicyclic) bond motifs is 1. The van der Waals surface area contributed by atoms with Crippen molar-refractivity contribution in [3.05, 3.63) is 60.3 Å². The van der Waals surface area contributed by atoms with Crippen LogP contribution in [0.5, 0.6) is 0 Å². The zero-order valence-electron chi connectivity index (χ0n) is 14.8. The third-order valence-electron chi connectivity index (χ3n) is 4.84. The predicted octanol–water partition coefficient (Wildman–Crippen LogP) is 3.04. The molecule has 1 saturated heterocycles. The van der Waals surface area contributed by atoms with Gasteiger partial charge >= 0.3 is 0 Å². The molecule has 1 N–H and O–H groups in total. The third kappa shape index (κ3) is 3.06. The van der Waals surface area contributed by atoms with E-state index in [1.807, 2.05) is 30.5 Å². The van der Waals surface area contributed by atoms with Gasteiger partial charge in [-0.05, 0) is 35.9 Å². The summed E-state index contributed by atoms with van der Waals surface area (Å²) in [5.74, 6) is 1.87. The highest BCUT2D eigenvalue weighted by molar-refractivity contribution is 5.93. The van der Waals surface area contributed by atoms with Crippen molar-refractivity contribution in [1.29, 1.82) is 0 Å². The van der Waals surface area contributed by atoms with Gasteiger partial charge in [0.25, 0.3) is 0 Å². The minimum absolute atomic E-state index is 0.704. The Morgan fingerprint density at radius 2 is 2.04 bits per heavy atom. The summed E-state index contributed by atoms with van der Waals surface area (Å²) >= 11 is 0. The van der Waals surface area contributed by atoms with E-state index in [1.165, 1.54) is 5.56 Å². The van der Waals surface area contributed by atoms with Gasteiger partial charge < -0.3 is 14.1 Å². The van der Waals surface area contributed by atoms with Crippen molar-refractivity contribution in [2.24, 2.45) is 0 Å². The molecule has 5 heterocycles. The Bertz CT molecular complexity index is 1040. The van der Waals surface area contributed by atoms with Crippen LogP contribution in [0.3, 0.4) is 0 Å². The van der Waals surface area contributed by atoms with Crippen molar-refractivity contribution >= 4 is 16.7 Å². The van der Waals surface area contributed by atoms with Crippen LogP contribution in [0.2, 0.25) is 0 Å². The highest BCUT2D eigenvalue weighted by atomic mass is 16.5. The minimum atomic E-state index is 0.704. The van der Waals surface area contributed by atoms with E-state index >= 15 is 0 Å². The molecular formula is C20H19N5O2. The number of nitrogens with zero attached hydrogens (tertiary/aromatic N) is 4. The molecule has 136 valence electrons. The Balaban J connectivity index is 1.69. The zero-order chi connectivity index (χ0) is 18.1. The molecule has 0 atom stereocenters. The van der Waals surface area contributed by atoms with Crippen LogP contribution in [0.15, 0.2) is 53.4 Å². The molecule has 0 aromatic carbocycles. The molecule has 0 saturated carbocycles. The fraction of sp³-hybridized carbons (Fsp3) is 0.250. The van der Waals surface area contributed by atoms with Gasteiger partial charge in [-0.15, -0.1) is 0 Å². The van der Waals surface area contributed by atoms with Crippen LogP contribution < -0.4 is 4.90 Å². The van der Waals surface area contributed by atoms with Crippen LogP contribution in [-0.4, -0.2) is 46.5 Å². The van der Waals surface area contributed by atoms with Crippen LogP contribution in [0.1, 0.15) is 11.3 Å². The molecule has 0 aliphatic carbocycles. The summed E-state index contributed by atoms with van der Waals surface area (Å²) in [5.41, 5.74) is 3.70. The largest absolute Gasteiger partial charge is 0.469 e. The number of H-pyrrole nitrogens is 1. The lowest BCUT2D eigenvalue weighted by Crippen LogP contribution is -2.36. The molecule has 4 aromatic rings. The SMILES string of the molecule is c1coc(Cc2cc(N3CCOCC3)nc3c(-c4ccn[nH]4)nccc23)c1. The smallest absolute Gasteiger partial charge is 0.129 e. The number of hydrogen-bond acceptors (Lipinski definition) is 6. The van der Waals surface area contributed by atoms with E-state index < -0.39 is 0 Å². The topological polar surface area (TPSA) is 80.1 Å². The minimum Gasteiger partial charge on any atom is -0.469 e. The van der Waals surface area contributed by atoms with Gasteiger partial charge in [-0.2, -0.15) is 5.10 Å². The molecule has 0 bridgehead atoms. The lowest BCUT2D eigenvalue weighted by atomic mass is 10.0. The highest BCUT2D eigenvalue weighted by Crippen LogP contribution is 2.30. The number of morpholine rings is 1. The molecule has 1 aliphatic rings. The first-order valence-electron chi connectivity index (χ1n) is 9.02. The van der Waals surface area contributed by atoms with E-state index in [9.17, 15) is 0 Å². The lowest BCUT2D eigenvalue weighted by Gasteiger charge is -2.28. The summed E-state index contributed by atoms with van der Waals surface area (Å²) in [6, 6.07) is 10.0. The second-order valence-corrected chi connectivity index (χ2v) is 6.52. The number of furan rings is 1. The number of anilines is 1. The molecule has 0 amide bonds. The Labute approximate surface area is 156 Å². The van der Waals surface area contributed by atoms with Crippen LogP contribution in [0, 0.1) is 0 Å². The number of pyridine rings is 2. The fourth-order valence-electron chi connectivity index (χ4n) is 3.49. The van der Waals surface area contributed by atoms with E-state index in [0.29, 0.717) is 19.6 Å². The van der Waals surface area contributed by atoms with Gasteiger partial charge in [-0.25, -0.2) is 4.98 Å². The number of aromatic amines is 1. The van der Waals surface area contributed by atoms with Gasteiger partial charge in [0.2, 0.25) is 0 Å². The first kappa shape index (κ1) is 16.0. The Kier molecular flexibility index (Phi) is 4.06. The zero-order valence-corrected chi connectivity index (χ0v) is 14.8. The van der Waals surface area contributed by atoms with E-state index in [1.54, 1.807) is 12.5 Å². The third-order valence-corrected chi connectivity index (χ3v) is 4.84. The standard InChI is InChI=1S/C20H19N5O2/c1-2-15(27-9-1)12-14-13-18(25-7-10-26-11-8-25)23-19-16(14)3-5-21-20(19)17-4-6-22-24-17/h1-6,9,13H,7-8,10-12H2,(H,22,24). The summed E-state index contributed by atoms with van der Waals surface area (Å²) < 4.78 is 11.1. The molecular weight excluding hydrogens is 342 g/mol. The second kappa shape index (κ2) is 6.85. The van der Waals surface area contributed by atoms with Gasteiger partial charge in [-0.3, -0.25) is 10.1 Å². The highest BCUT2D eigenvalue weighted by Gasteiger charge is 2.18. The van der Waals surface area contributed by atoms with E-state index in [0.717, 1.165) is 47.0 Å². The molecule has 7 nitrogen and oxygen atoms in total. The van der Waals surface area contributed by atoms with Crippen molar-refractivity contribution in [3.8, 4) is 11.4 Å². The first-order chi connectivity index (χ1) is 13.4. The summed E-state index contributed by atoms with van der Waals surface area (Å²) in [7, 11) is 0. The Morgan fingerprint density at radius 3 is 2.81 bits per heavy atom. The molecule has 0 spiro atoms. The summed E-state index contributed by atoms with van der Waals surface area (Å²) in [6.07, 6.45) is 5.96. The predicted molar refractivity (Wildman–Crippen MR) is 102 cm³/mol. The average molecular weight is 361 g/mol. The van der Waals surface area contributed by atoms with E-state index in [2.05, 4.69) is 26.1 Å². The number of aromatic nitrogens is 4. The van der Waals surface area contributed by atoms with E-state index in [-0.39, 0.29) is 0 Å². The van der Waals surface area contributed by atoms with Crippen LogP contribution in [0.4, 0.5) is 5.82 Å². The molecule has 1 aliphatic heterocycles. The first-order valence-corrected chi connectivity index (χ1v) is 9.02. The molecule has 1 fully saturated rings. The maximum atomic E-state index is 5.59. The molecule has 0 unspecified atom stereocenters. The monoisotopic (exact) mass is 361 g/mol. The number of hydrogen-bond donors (Lipinski definition) is 1. The maximum Gasteiger partial charge on any atom is 0.129 e. The van der Waals surface area contributed by atoms with Crippen molar-refractivity contribution in [2.45, 2.75) is 6.42 Å². The number of rotatable bonds is 4.